The lowest BCUT2D eigenvalue weighted by molar-refractivity contribution is 0.197. The van der Waals surface area contributed by atoms with Crippen LogP contribution in [0.25, 0.3) is 22.4 Å². The van der Waals surface area contributed by atoms with Crippen LogP contribution in [0.1, 0.15) is 24.3 Å². The van der Waals surface area contributed by atoms with Gasteiger partial charge < -0.3 is 5.11 Å². The van der Waals surface area contributed by atoms with E-state index in [9.17, 15) is 5.11 Å². The Morgan fingerprint density at radius 2 is 1.95 bits per heavy atom. The molecule has 21 heavy (non-hydrogen) atoms. The van der Waals surface area contributed by atoms with Crippen LogP contribution in [-0.4, -0.2) is 20.1 Å². The van der Waals surface area contributed by atoms with E-state index in [2.05, 4.69) is 30.9 Å². The number of hydrogen-bond donors (Lipinski definition) is 1. The summed E-state index contributed by atoms with van der Waals surface area (Å²) in [5.41, 5.74) is 3.10. The monoisotopic (exact) mass is 343 g/mol. The molecule has 2 aromatic heterocycles. The first-order valence-electron chi connectivity index (χ1n) is 6.63. The van der Waals surface area contributed by atoms with E-state index < -0.39 is 6.10 Å². The number of para-hydroxylation sites is 1. The molecule has 5 heteroatoms. The summed E-state index contributed by atoms with van der Waals surface area (Å²) in [6.45, 7) is 3.57. The molecule has 0 aliphatic carbocycles. The zero-order chi connectivity index (χ0) is 15.0. The normalized spacial score (nSPS) is 12.6. The number of fused-ring (bicyclic) bond motifs is 1. The van der Waals surface area contributed by atoms with Gasteiger partial charge in [-0.15, -0.1) is 0 Å². The number of aliphatic hydroxyl groups excluding tert-OH is 1. The van der Waals surface area contributed by atoms with Crippen molar-refractivity contribution >= 4 is 26.8 Å². The summed E-state index contributed by atoms with van der Waals surface area (Å²) >= 11 is 3.53. The lowest BCUT2D eigenvalue weighted by atomic mass is 10.1. The highest BCUT2D eigenvalue weighted by Gasteiger charge is 2.13. The minimum absolute atomic E-state index is 0.550. The molecule has 4 nitrogen and oxygen atoms in total. The molecule has 0 spiro atoms. The van der Waals surface area contributed by atoms with Crippen LogP contribution in [0.2, 0.25) is 0 Å². The third-order valence-electron chi connectivity index (χ3n) is 3.36. The molecule has 0 aliphatic heterocycles. The second-order valence-electron chi connectivity index (χ2n) is 4.92. The van der Waals surface area contributed by atoms with Crippen LogP contribution in [0.3, 0.4) is 0 Å². The number of aliphatic hydroxyl groups is 1. The fourth-order valence-electron chi connectivity index (χ4n) is 2.25. The van der Waals surface area contributed by atoms with Crippen LogP contribution in [0, 0.1) is 6.92 Å². The minimum Gasteiger partial charge on any atom is -0.389 e. The predicted octanol–water partition coefficient (Wildman–Crippen LogP) is 3.82. The fourth-order valence-corrected chi connectivity index (χ4v) is 2.76. The van der Waals surface area contributed by atoms with Crippen LogP contribution in [0.4, 0.5) is 0 Å². The average molecular weight is 344 g/mol. The summed E-state index contributed by atoms with van der Waals surface area (Å²) in [6.07, 6.45) is 1.08. The van der Waals surface area contributed by atoms with E-state index in [0.717, 1.165) is 26.6 Å². The summed E-state index contributed by atoms with van der Waals surface area (Å²) < 4.78 is 0.852. The second kappa shape index (κ2) is 5.50. The maximum absolute atomic E-state index is 9.66. The summed E-state index contributed by atoms with van der Waals surface area (Å²) in [6, 6.07) is 9.92. The molecule has 0 saturated heterocycles. The molecule has 0 fully saturated rings. The van der Waals surface area contributed by atoms with Crippen LogP contribution >= 0.6 is 15.9 Å². The van der Waals surface area contributed by atoms with Crippen LogP contribution in [0.5, 0.6) is 0 Å². The molecular weight excluding hydrogens is 330 g/mol. The highest BCUT2D eigenvalue weighted by atomic mass is 79.9. The van der Waals surface area contributed by atoms with E-state index in [1.165, 1.54) is 0 Å². The zero-order valence-corrected chi connectivity index (χ0v) is 13.3. The van der Waals surface area contributed by atoms with Gasteiger partial charge in [-0.3, -0.25) is 0 Å². The number of rotatable bonds is 2. The molecule has 1 atom stereocenters. The molecule has 0 bridgehead atoms. The Kier molecular flexibility index (Phi) is 3.69. The first-order chi connectivity index (χ1) is 10.1. The fraction of sp³-hybridized carbons (Fsp3) is 0.188. The van der Waals surface area contributed by atoms with Crippen molar-refractivity contribution < 1.29 is 5.11 Å². The zero-order valence-electron chi connectivity index (χ0n) is 11.7. The Morgan fingerprint density at radius 1 is 1.19 bits per heavy atom. The molecular formula is C16H14BrN3O. The van der Waals surface area contributed by atoms with E-state index in [0.29, 0.717) is 11.5 Å². The van der Waals surface area contributed by atoms with Crippen LogP contribution < -0.4 is 0 Å². The van der Waals surface area contributed by atoms with Crippen molar-refractivity contribution in [3.63, 3.8) is 0 Å². The van der Waals surface area contributed by atoms with Crippen molar-refractivity contribution in [3.05, 3.63) is 52.3 Å². The summed E-state index contributed by atoms with van der Waals surface area (Å²) in [7, 11) is 0. The Labute approximate surface area is 131 Å². The molecule has 3 aromatic rings. The Balaban J connectivity index is 2.16. The highest BCUT2D eigenvalue weighted by molar-refractivity contribution is 9.10. The van der Waals surface area contributed by atoms with Gasteiger partial charge in [0.05, 0.1) is 11.6 Å². The van der Waals surface area contributed by atoms with Gasteiger partial charge >= 0.3 is 0 Å². The quantitative estimate of drug-likeness (QED) is 0.768. The number of aromatic nitrogens is 3. The van der Waals surface area contributed by atoms with Gasteiger partial charge in [0, 0.05) is 27.3 Å². The van der Waals surface area contributed by atoms with Crippen molar-refractivity contribution in [2.75, 3.05) is 0 Å². The van der Waals surface area contributed by atoms with E-state index in [4.69, 9.17) is 0 Å². The second-order valence-corrected chi connectivity index (χ2v) is 5.78. The standard InChI is InChI=1S/C16H14BrN3O/c1-9-12(10(2)21)8-18-16(19-9)15-13(17)7-11-5-3-4-6-14(11)20-15/h3-8,10,21H,1-2H3/t10-/m0/s1. The summed E-state index contributed by atoms with van der Waals surface area (Å²) in [4.78, 5) is 13.4. The van der Waals surface area contributed by atoms with Gasteiger partial charge in [-0.25, -0.2) is 15.0 Å². The van der Waals surface area contributed by atoms with Gasteiger partial charge in [0.15, 0.2) is 5.82 Å². The van der Waals surface area contributed by atoms with Crippen LogP contribution in [-0.2, 0) is 0 Å². The van der Waals surface area contributed by atoms with E-state index in [1.807, 2.05) is 37.3 Å². The molecule has 2 heterocycles. The lowest BCUT2D eigenvalue weighted by Crippen LogP contribution is -2.02. The third-order valence-corrected chi connectivity index (χ3v) is 3.96. The molecule has 1 aromatic carbocycles. The molecule has 0 saturated carbocycles. The number of aryl methyl sites for hydroxylation is 1. The summed E-state index contributed by atoms with van der Waals surface area (Å²) in [5, 5.41) is 10.7. The largest absolute Gasteiger partial charge is 0.389 e. The van der Waals surface area contributed by atoms with Crippen molar-refractivity contribution in [1.29, 1.82) is 0 Å². The van der Waals surface area contributed by atoms with E-state index in [-0.39, 0.29) is 0 Å². The molecule has 0 aliphatic rings. The number of halogens is 1. The molecule has 106 valence electrons. The maximum Gasteiger partial charge on any atom is 0.179 e. The Hall–Kier alpha value is -1.85. The Bertz CT molecular complexity index is 818. The lowest BCUT2D eigenvalue weighted by Gasteiger charge is -2.10. The smallest absolute Gasteiger partial charge is 0.179 e. The third kappa shape index (κ3) is 2.66. The minimum atomic E-state index is -0.577. The maximum atomic E-state index is 9.66. The van der Waals surface area contributed by atoms with Gasteiger partial charge in [-0.05, 0) is 41.9 Å². The highest BCUT2D eigenvalue weighted by Crippen LogP contribution is 2.28. The van der Waals surface area contributed by atoms with Gasteiger partial charge in [-0.2, -0.15) is 0 Å². The van der Waals surface area contributed by atoms with Crippen molar-refractivity contribution in [3.8, 4) is 11.5 Å². The molecule has 3 rings (SSSR count). The number of nitrogens with zero attached hydrogens (tertiary/aromatic N) is 3. The first-order valence-corrected chi connectivity index (χ1v) is 7.43. The molecule has 1 N–H and O–H groups in total. The number of hydrogen-bond acceptors (Lipinski definition) is 4. The van der Waals surface area contributed by atoms with Crippen molar-refractivity contribution in [2.24, 2.45) is 0 Å². The topological polar surface area (TPSA) is 58.9 Å². The van der Waals surface area contributed by atoms with Crippen molar-refractivity contribution in [2.45, 2.75) is 20.0 Å². The van der Waals surface area contributed by atoms with Gasteiger partial charge in [0.2, 0.25) is 0 Å². The van der Waals surface area contributed by atoms with Gasteiger partial charge in [-0.1, -0.05) is 18.2 Å². The van der Waals surface area contributed by atoms with Gasteiger partial charge in [0.1, 0.15) is 5.69 Å². The molecule has 0 radical (unpaired) electrons. The molecule has 0 amide bonds. The number of pyridine rings is 1. The molecule has 0 unspecified atom stereocenters. The SMILES string of the molecule is Cc1nc(-c2nc3ccccc3cc2Br)ncc1[C@H](C)O. The first kappa shape index (κ1) is 14.1. The number of benzene rings is 1. The average Bonchev–Trinajstić information content (AvgIpc) is 2.46. The van der Waals surface area contributed by atoms with E-state index >= 15 is 0 Å². The Morgan fingerprint density at radius 3 is 2.67 bits per heavy atom. The van der Waals surface area contributed by atoms with E-state index in [1.54, 1.807) is 13.1 Å². The summed E-state index contributed by atoms with van der Waals surface area (Å²) in [5.74, 6) is 0.550. The van der Waals surface area contributed by atoms with Crippen molar-refractivity contribution in [1.82, 2.24) is 15.0 Å². The van der Waals surface area contributed by atoms with Crippen LogP contribution in [0.15, 0.2) is 41.0 Å². The predicted molar refractivity (Wildman–Crippen MR) is 85.8 cm³/mol. The van der Waals surface area contributed by atoms with Gasteiger partial charge in [0.25, 0.3) is 0 Å².